The van der Waals surface area contributed by atoms with Crippen molar-refractivity contribution in [3.63, 3.8) is 0 Å². The molecule has 3 amide bonds. The van der Waals surface area contributed by atoms with Gasteiger partial charge in [-0.1, -0.05) is 36.4 Å². The number of hydrogen-bond acceptors (Lipinski definition) is 4. The third-order valence-corrected chi connectivity index (χ3v) is 4.60. The summed E-state index contributed by atoms with van der Waals surface area (Å²) in [5, 5.41) is 15.5. The third-order valence-electron chi connectivity index (χ3n) is 4.60. The number of nitrogens with one attached hydrogen (secondary N) is 3. The summed E-state index contributed by atoms with van der Waals surface area (Å²) in [5.74, 6) is -1.71. The summed E-state index contributed by atoms with van der Waals surface area (Å²) in [6.45, 7) is 0. The van der Waals surface area contributed by atoms with Crippen molar-refractivity contribution in [3.05, 3.63) is 65.7 Å². The van der Waals surface area contributed by atoms with Gasteiger partial charge in [-0.25, -0.2) is 4.79 Å². The zero-order valence-corrected chi connectivity index (χ0v) is 17.3. The van der Waals surface area contributed by atoms with Crippen molar-refractivity contribution in [3.8, 4) is 0 Å². The van der Waals surface area contributed by atoms with Crippen LogP contribution < -0.4 is 16.0 Å². The number of aryl methyl sites for hydroxylation is 1. The number of hydrogen-bond donors (Lipinski definition) is 4. The van der Waals surface area contributed by atoms with Gasteiger partial charge in [-0.3, -0.25) is 9.59 Å². The van der Waals surface area contributed by atoms with Crippen LogP contribution in [0.2, 0.25) is 0 Å². The predicted molar refractivity (Wildman–Crippen MR) is 112 cm³/mol. The van der Waals surface area contributed by atoms with Gasteiger partial charge < -0.3 is 25.9 Å². The Morgan fingerprint density at radius 1 is 0.939 bits per heavy atom. The van der Waals surface area contributed by atoms with Crippen LogP contribution in [0.5, 0.6) is 0 Å². The topological polar surface area (TPSA) is 125 Å². The lowest BCUT2D eigenvalue weighted by atomic mass is 10.0. The monoisotopic (exact) mass is 465 g/mol. The van der Waals surface area contributed by atoms with Crippen molar-refractivity contribution in [2.45, 2.75) is 37.5 Å². The number of alkyl halides is 3. The molecule has 33 heavy (non-hydrogen) atoms. The summed E-state index contributed by atoms with van der Waals surface area (Å²) in [4.78, 5) is 47.0. The first-order chi connectivity index (χ1) is 15.6. The van der Waals surface area contributed by atoms with E-state index in [2.05, 4.69) is 10.6 Å². The van der Waals surface area contributed by atoms with Gasteiger partial charge in [0, 0.05) is 12.1 Å². The fourth-order valence-corrected chi connectivity index (χ4v) is 2.98. The Hall–Kier alpha value is -3.89. The Kier molecular flexibility index (Phi) is 8.96. The van der Waals surface area contributed by atoms with Gasteiger partial charge in [0.1, 0.15) is 18.4 Å². The molecular formula is C22H22F3N3O5. The summed E-state index contributed by atoms with van der Waals surface area (Å²) < 4.78 is 38.9. The summed E-state index contributed by atoms with van der Waals surface area (Å²) in [5.41, 5.74) is -0.236. The van der Waals surface area contributed by atoms with Crippen molar-refractivity contribution >= 4 is 29.9 Å². The van der Waals surface area contributed by atoms with Crippen molar-refractivity contribution in [2.75, 3.05) is 5.32 Å². The number of benzene rings is 2. The lowest BCUT2D eigenvalue weighted by Crippen LogP contribution is -2.52. The molecule has 2 aromatic rings. The second-order valence-electron chi connectivity index (χ2n) is 7.06. The minimum absolute atomic E-state index is 0.0709. The molecule has 0 heterocycles. The largest absolute Gasteiger partial charge is 0.465 e. The third kappa shape index (κ3) is 8.28. The van der Waals surface area contributed by atoms with Gasteiger partial charge >= 0.3 is 12.3 Å². The predicted octanol–water partition coefficient (Wildman–Crippen LogP) is 2.99. The first-order valence-corrected chi connectivity index (χ1v) is 9.85. The number of halogens is 3. The SMILES string of the molecule is O=CC[C@H](NC(=O)O)C(=O)N[C@@H](CCc1ccccc1)C(=O)Nc1cccc(C(F)(F)F)c1. The molecule has 2 atom stereocenters. The smallest absolute Gasteiger partial charge is 0.416 e. The molecule has 0 saturated carbocycles. The molecule has 0 aliphatic carbocycles. The molecule has 4 N–H and O–H groups in total. The van der Waals surface area contributed by atoms with E-state index in [4.69, 9.17) is 5.11 Å². The van der Waals surface area contributed by atoms with E-state index in [0.29, 0.717) is 12.7 Å². The van der Waals surface area contributed by atoms with Gasteiger partial charge in [0.2, 0.25) is 11.8 Å². The highest BCUT2D eigenvalue weighted by atomic mass is 19.4. The molecule has 0 fully saturated rings. The zero-order chi connectivity index (χ0) is 24.4. The normalized spacial score (nSPS) is 12.8. The van der Waals surface area contributed by atoms with Crippen LogP contribution in [0, 0.1) is 0 Å². The Balaban J connectivity index is 2.20. The lowest BCUT2D eigenvalue weighted by Gasteiger charge is -2.22. The number of anilines is 1. The Labute approximate surface area is 187 Å². The number of rotatable bonds is 10. The molecule has 0 aliphatic heterocycles. The van der Waals surface area contributed by atoms with Crippen molar-refractivity contribution in [1.29, 1.82) is 0 Å². The van der Waals surface area contributed by atoms with E-state index in [-0.39, 0.29) is 12.1 Å². The van der Waals surface area contributed by atoms with Crippen LogP contribution in [-0.4, -0.2) is 41.4 Å². The van der Waals surface area contributed by atoms with Gasteiger partial charge in [0.25, 0.3) is 0 Å². The number of carboxylic acid groups (broad SMARTS) is 1. The second kappa shape index (κ2) is 11.7. The molecule has 11 heteroatoms. The highest BCUT2D eigenvalue weighted by Crippen LogP contribution is 2.30. The molecule has 2 aromatic carbocycles. The number of aldehydes is 1. The molecule has 0 unspecified atom stereocenters. The molecule has 0 spiro atoms. The summed E-state index contributed by atoms with van der Waals surface area (Å²) >= 11 is 0. The average molecular weight is 465 g/mol. The van der Waals surface area contributed by atoms with E-state index in [1.807, 2.05) is 5.32 Å². The Morgan fingerprint density at radius 3 is 2.24 bits per heavy atom. The van der Waals surface area contributed by atoms with Crippen LogP contribution in [0.15, 0.2) is 54.6 Å². The highest BCUT2D eigenvalue weighted by Gasteiger charge is 2.31. The van der Waals surface area contributed by atoms with Crippen LogP contribution in [0.3, 0.4) is 0 Å². The van der Waals surface area contributed by atoms with Gasteiger partial charge in [-0.15, -0.1) is 0 Å². The molecule has 2 rings (SSSR count). The van der Waals surface area contributed by atoms with Crippen molar-refractivity contribution in [2.24, 2.45) is 0 Å². The maximum absolute atomic E-state index is 13.0. The first-order valence-electron chi connectivity index (χ1n) is 9.85. The highest BCUT2D eigenvalue weighted by molar-refractivity contribution is 5.98. The lowest BCUT2D eigenvalue weighted by molar-refractivity contribution is -0.137. The van der Waals surface area contributed by atoms with Crippen LogP contribution in [0.25, 0.3) is 0 Å². The maximum Gasteiger partial charge on any atom is 0.416 e. The number of carbonyl (C=O) groups excluding carboxylic acids is 3. The quantitative estimate of drug-likeness (QED) is 0.402. The molecule has 0 aliphatic rings. The van der Waals surface area contributed by atoms with Gasteiger partial charge in [-0.05, 0) is 36.6 Å². The van der Waals surface area contributed by atoms with E-state index in [1.54, 1.807) is 30.3 Å². The zero-order valence-electron chi connectivity index (χ0n) is 17.3. The van der Waals surface area contributed by atoms with E-state index < -0.39 is 48.2 Å². The van der Waals surface area contributed by atoms with Gasteiger partial charge in [0.05, 0.1) is 5.56 Å². The molecular weight excluding hydrogens is 443 g/mol. The van der Waals surface area contributed by atoms with Gasteiger partial charge in [0.15, 0.2) is 0 Å². The van der Waals surface area contributed by atoms with Crippen LogP contribution in [0.1, 0.15) is 24.0 Å². The minimum atomic E-state index is -4.60. The molecule has 0 radical (unpaired) electrons. The van der Waals surface area contributed by atoms with E-state index in [1.165, 1.54) is 6.07 Å². The number of carbonyl (C=O) groups is 4. The molecule has 0 aromatic heterocycles. The van der Waals surface area contributed by atoms with Crippen molar-refractivity contribution < 1.29 is 37.5 Å². The minimum Gasteiger partial charge on any atom is -0.465 e. The van der Waals surface area contributed by atoms with Crippen molar-refractivity contribution in [1.82, 2.24) is 10.6 Å². The summed E-state index contributed by atoms with van der Waals surface area (Å²) in [6, 6.07) is 10.3. The van der Waals surface area contributed by atoms with Gasteiger partial charge in [-0.2, -0.15) is 13.2 Å². The fraction of sp³-hybridized carbons (Fsp3) is 0.273. The molecule has 0 saturated heterocycles. The van der Waals surface area contributed by atoms with E-state index in [0.717, 1.165) is 23.8 Å². The fourth-order valence-electron chi connectivity index (χ4n) is 2.98. The first kappa shape index (κ1) is 25.4. The Morgan fingerprint density at radius 2 is 1.64 bits per heavy atom. The standard InChI is InChI=1S/C22H22F3N3O5/c23-22(24,25)15-7-4-8-16(13-15)26-19(30)17(10-9-14-5-2-1-3-6-14)27-20(31)18(11-12-29)28-21(32)33/h1-8,12-13,17-18,28H,9-11H2,(H,26,30)(H,27,31)(H,32,33)/t17-,18-/m0/s1. The molecule has 0 bridgehead atoms. The van der Waals surface area contributed by atoms with Crippen LogP contribution in [-0.2, 0) is 27.0 Å². The van der Waals surface area contributed by atoms with E-state index >= 15 is 0 Å². The number of amides is 3. The molecule has 8 nitrogen and oxygen atoms in total. The second-order valence-corrected chi connectivity index (χ2v) is 7.06. The Bertz CT molecular complexity index is 983. The van der Waals surface area contributed by atoms with Crippen LogP contribution >= 0.6 is 0 Å². The summed E-state index contributed by atoms with van der Waals surface area (Å²) in [6.07, 6.45) is -5.84. The summed E-state index contributed by atoms with van der Waals surface area (Å²) in [7, 11) is 0. The maximum atomic E-state index is 13.0. The molecule has 176 valence electrons. The van der Waals surface area contributed by atoms with Crippen LogP contribution in [0.4, 0.5) is 23.7 Å². The van der Waals surface area contributed by atoms with E-state index in [9.17, 15) is 32.3 Å². The average Bonchev–Trinajstić information content (AvgIpc) is 2.76.